The highest BCUT2D eigenvalue weighted by molar-refractivity contribution is 6.80. The van der Waals surface area contributed by atoms with E-state index in [1.54, 1.807) is 0 Å². The SMILES string of the molecule is C=CCCCCCCCC(=O)O.C=CCCCCCCCC(=O)O.[Al][Cl]. The summed E-state index contributed by atoms with van der Waals surface area (Å²) in [5.41, 5.74) is 0. The summed E-state index contributed by atoms with van der Waals surface area (Å²) < 4.78 is 0. The van der Waals surface area contributed by atoms with Crippen LogP contribution in [-0.2, 0) is 9.59 Å². The number of carboxylic acids is 2. The highest BCUT2D eigenvalue weighted by Gasteiger charge is 1.96. The van der Waals surface area contributed by atoms with Gasteiger partial charge in [-0.1, -0.05) is 50.7 Å². The van der Waals surface area contributed by atoms with Crippen LogP contribution in [0.25, 0.3) is 0 Å². The molecule has 0 aliphatic rings. The van der Waals surface area contributed by atoms with Crippen molar-refractivity contribution in [2.45, 2.75) is 89.9 Å². The molecule has 0 aromatic heterocycles. The lowest BCUT2D eigenvalue weighted by Gasteiger charge is -1.97. The van der Waals surface area contributed by atoms with E-state index in [0.717, 1.165) is 51.4 Å². The summed E-state index contributed by atoms with van der Waals surface area (Å²) in [6.07, 6.45) is 17.5. The van der Waals surface area contributed by atoms with Crippen molar-refractivity contribution in [2.24, 2.45) is 0 Å². The lowest BCUT2D eigenvalue weighted by atomic mass is 10.1. The maximum atomic E-state index is 10.1. The van der Waals surface area contributed by atoms with Gasteiger partial charge in [-0.25, -0.2) is 0 Å². The Kier molecular flexibility index (Phi) is 33.5. The van der Waals surface area contributed by atoms with E-state index in [9.17, 15) is 9.59 Å². The molecule has 0 saturated heterocycles. The minimum Gasteiger partial charge on any atom is -0.481 e. The molecule has 0 fully saturated rings. The van der Waals surface area contributed by atoms with Crippen LogP contribution in [0.4, 0.5) is 0 Å². The van der Waals surface area contributed by atoms with Crippen LogP contribution in [0.5, 0.6) is 0 Å². The third-order valence-corrected chi connectivity index (χ3v) is 3.60. The summed E-state index contributed by atoms with van der Waals surface area (Å²) in [6, 6.07) is 0. The first-order chi connectivity index (χ1) is 12.5. The molecule has 2 N–H and O–H groups in total. The van der Waals surface area contributed by atoms with Crippen LogP contribution in [0.2, 0.25) is 0 Å². The van der Waals surface area contributed by atoms with Crippen molar-refractivity contribution in [1.29, 1.82) is 0 Å². The number of carbonyl (C=O) groups is 2. The van der Waals surface area contributed by atoms with E-state index in [4.69, 9.17) is 10.2 Å². The van der Waals surface area contributed by atoms with Crippen molar-refractivity contribution in [2.75, 3.05) is 0 Å². The monoisotopic (exact) mass is 402 g/mol. The van der Waals surface area contributed by atoms with Crippen molar-refractivity contribution < 1.29 is 19.8 Å². The number of carboxylic acid groups (broad SMARTS) is 2. The van der Waals surface area contributed by atoms with Crippen molar-refractivity contribution in [3.63, 3.8) is 0 Å². The van der Waals surface area contributed by atoms with Crippen LogP contribution >= 0.6 is 10.0 Å². The topological polar surface area (TPSA) is 74.6 Å². The molecule has 6 heteroatoms. The summed E-state index contributed by atoms with van der Waals surface area (Å²) in [7, 11) is 4.56. The molecule has 0 amide bonds. The largest absolute Gasteiger partial charge is 0.481 e. The summed E-state index contributed by atoms with van der Waals surface area (Å²) in [5, 5.41) is 16.7. The molecule has 0 rings (SSSR count). The highest BCUT2D eigenvalue weighted by atomic mass is 35.6. The average molecular weight is 403 g/mol. The fraction of sp³-hybridized carbons (Fsp3) is 0.700. The number of hydrogen-bond acceptors (Lipinski definition) is 2. The smallest absolute Gasteiger partial charge is 0.303 e. The Hall–Kier alpha value is -0.758. The zero-order valence-electron chi connectivity index (χ0n) is 16.1. The van der Waals surface area contributed by atoms with Gasteiger partial charge < -0.3 is 10.2 Å². The van der Waals surface area contributed by atoms with Gasteiger partial charge in [0.1, 0.15) is 0 Å². The average Bonchev–Trinajstić information content (AvgIpc) is 2.62. The van der Waals surface area contributed by atoms with Crippen LogP contribution < -0.4 is 0 Å². The van der Waals surface area contributed by atoms with E-state index in [1.165, 1.54) is 25.7 Å². The maximum absolute atomic E-state index is 10.1. The van der Waals surface area contributed by atoms with E-state index < -0.39 is 11.9 Å². The van der Waals surface area contributed by atoms with Gasteiger partial charge in [-0.2, -0.15) is 0 Å². The number of hydrogen-bond donors (Lipinski definition) is 2. The van der Waals surface area contributed by atoms with E-state index >= 15 is 0 Å². The van der Waals surface area contributed by atoms with Gasteiger partial charge in [0, 0.05) is 12.8 Å². The Balaban J connectivity index is -0.000000371. The van der Waals surface area contributed by atoms with Crippen molar-refractivity contribution in [3.8, 4) is 0 Å². The minimum absolute atomic E-state index is 0.321. The summed E-state index contributed by atoms with van der Waals surface area (Å²) in [5.74, 6) is -1.36. The molecular weight excluding hydrogens is 367 g/mol. The van der Waals surface area contributed by atoms with E-state index in [0.29, 0.717) is 12.8 Å². The van der Waals surface area contributed by atoms with Gasteiger partial charge in [-0.3, -0.25) is 19.6 Å². The van der Waals surface area contributed by atoms with E-state index in [2.05, 4.69) is 23.2 Å². The third kappa shape index (κ3) is 38.7. The first-order valence-corrected chi connectivity index (χ1v) is 11.2. The van der Waals surface area contributed by atoms with Gasteiger partial charge in [0.05, 0.1) is 0 Å². The molecular formula is C20H36AlClO4. The number of aliphatic carboxylic acids is 2. The molecule has 0 spiro atoms. The van der Waals surface area contributed by atoms with E-state index in [1.807, 2.05) is 27.5 Å². The van der Waals surface area contributed by atoms with Crippen molar-refractivity contribution in [1.82, 2.24) is 0 Å². The number of halogens is 1. The lowest BCUT2D eigenvalue weighted by molar-refractivity contribution is -0.138. The van der Waals surface area contributed by atoms with Gasteiger partial charge in [0.2, 0.25) is 0 Å². The molecule has 0 unspecified atom stereocenters. The summed E-state index contributed by atoms with van der Waals surface area (Å²) in [6.45, 7) is 7.28. The Morgan fingerprint density at radius 1 is 0.654 bits per heavy atom. The molecule has 0 saturated carbocycles. The van der Waals surface area contributed by atoms with Crippen LogP contribution in [0.1, 0.15) is 89.9 Å². The molecule has 150 valence electrons. The fourth-order valence-electron chi connectivity index (χ4n) is 2.19. The first kappa shape index (κ1) is 30.0. The lowest BCUT2D eigenvalue weighted by Crippen LogP contribution is -1.93. The molecule has 0 aliphatic carbocycles. The Morgan fingerprint density at radius 3 is 1.19 bits per heavy atom. The van der Waals surface area contributed by atoms with Gasteiger partial charge >= 0.3 is 11.9 Å². The Labute approximate surface area is 172 Å². The van der Waals surface area contributed by atoms with E-state index in [-0.39, 0.29) is 0 Å². The zero-order chi connectivity index (χ0) is 20.5. The fourth-order valence-corrected chi connectivity index (χ4v) is 2.19. The molecule has 0 heterocycles. The number of unbranched alkanes of at least 4 members (excludes halogenated alkanes) is 10. The van der Waals surface area contributed by atoms with Gasteiger partial charge in [0.15, 0.2) is 0 Å². The molecule has 0 aliphatic heterocycles. The summed E-state index contributed by atoms with van der Waals surface area (Å²) >= 11 is 1.89. The molecule has 4 nitrogen and oxygen atoms in total. The first-order valence-electron chi connectivity index (χ1n) is 9.41. The van der Waals surface area contributed by atoms with Gasteiger partial charge in [-0.15, -0.1) is 13.2 Å². The van der Waals surface area contributed by atoms with Crippen molar-refractivity contribution >= 4 is 37.4 Å². The molecule has 2 radical (unpaired) electrons. The maximum Gasteiger partial charge on any atom is 0.303 e. The predicted octanol–water partition coefficient (Wildman–Crippen LogP) is 6.28. The molecule has 0 atom stereocenters. The van der Waals surface area contributed by atoms with Gasteiger partial charge in [-0.05, 0) is 38.5 Å². The second-order valence-electron chi connectivity index (χ2n) is 5.98. The third-order valence-electron chi connectivity index (χ3n) is 3.60. The minimum atomic E-state index is -0.680. The second-order valence-corrected chi connectivity index (χ2v) is 5.98. The van der Waals surface area contributed by atoms with Crippen molar-refractivity contribution in [3.05, 3.63) is 25.3 Å². The quantitative estimate of drug-likeness (QED) is 0.181. The highest BCUT2D eigenvalue weighted by Crippen LogP contribution is 2.07. The normalized spacial score (nSPS) is 9.12. The van der Waals surface area contributed by atoms with Crippen LogP contribution in [0.3, 0.4) is 0 Å². The zero-order valence-corrected chi connectivity index (χ0v) is 18.0. The molecule has 0 aromatic rings. The van der Waals surface area contributed by atoms with Crippen LogP contribution in [0.15, 0.2) is 25.3 Å². The van der Waals surface area contributed by atoms with Crippen LogP contribution in [-0.4, -0.2) is 37.5 Å². The standard InChI is InChI=1S/2C10H18O2.Al.ClH/c2*1-2-3-4-5-6-7-8-9-10(11)12;;/h2*2H,1,3-9H2,(H,11,12);;1H/q;;+1;/p-1. The summed E-state index contributed by atoms with van der Waals surface area (Å²) in [4.78, 5) is 20.2. The second kappa shape index (κ2) is 29.0. The Morgan fingerprint density at radius 2 is 0.923 bits per heavy atom. The molecule has 0 bridgehead atoms. The van der Waals surface area contributed by atoms with Crippen LogP contribution in [0, 0.1) is 0 Å². The number of rotatable bonds is 16. The molecule has 26 heavy (non-hydrogen) atoms. The predicted molar refractivity (Wildman–Crippen MR) is 112 cm³/mol. The Bertz CT molecular complexity index is 304. The van der Waals surface area contributed by atoms with Gasteiger partial charge in [0.25, 0.3) is 15.4 Å². The number of allylic oxidation sites excluding steroid dienone is 2. The molecule has 0 aromatic carbocycles.